The minimum atomic E-state index is -0.446. The molecule has 5 rings (SSSR count). The van der Waals surface area contributed by atoms with E-state index in [9.17, 15) is 9.59 Å². The van der Waals surface area contributed by atoms with Gasteiger partial charge >= 0.3 is 0 Å². The van der Waals surface area contributed by atoms with Crippen molar-refractivity contribution in [3.63, 3.8) is 0 Å². The molecule has 4 aromatic carbocycles. The molecule has 1 aliphatic heterocycles. The topological polar surface area (TPSA) is 71.0 Å². The van der Waals surface area contributed by atoms with E-state index in [-0.39, 0.29) is 28.3 Å². The number of carbonyl (C=O) groups is 2. The third-order valence-electron chi connectivity index (χ3n) is 5.81. The molecule has 1 N–H and O–H groups in total. The van der Waals surface area contributed by atoms with Crippen LogP contribution >= 0.6 is 46.4 Å². The van der Waals surface area contributed by atoms with Crippen LogP contribution in [0.25, 0.3) is 6.08 Å². The lowest BCUT2D eigenvalue weighted by atomic mass is 10.00. The lowest BCUT2D eigenvalue weighted by Crippen LogP contribution is -2.21. The van der Waals surface area contributed by atoms with Gasteiger partial charge in [-0.05, 0) is 54.1 Å². The van der Waals surface area contributed by atoms with E-state index in [0.29, 0.717) is 38.3 Å². The second-order valence-electron chi connectivity index (χ2n) is 8.60. The van der Waals surface area contributed by atoms with Crippen molar-refractivity contribution >= 4 is 81.4 Å². The van der Waals surface area contributed by atoms with E-state index in [0.717, 1.165) is 5.56 Å². The van der Waals surface area contributed by atoms with Gasteiger partial charge in [0, 0.05) is 11.3 Å². The summed E-state index contributed by atoms with van der Waals surface area (Å²) in [5.41, 5.74) is 3.33. The molecular weight excluding hydrogens is 592 g/mol. The van der Waals surface area contributed by atoms with Gasteiger partial charge in [0.15, 0.2) is 12.4 Å². The lowest BCUT2D eigenvalue weighted by Gasteiger charge is -2.12. The van der Waals surface area contributed by atoms with E-state index in [1.54, 1.807) is 30.3 Å². The van der Waals surface area contributed by atoms with Crippen LogP contribution in [0.2, 0.25) is 20.1 Å². The molecule has 0 fully saturated rings. The first kappa shape index (κ1) is 27.7. The zero-order valence-corrected chi connectivity index (χ0v) is 23.6. The molecule has 6 nitrogen and oxygen atoms in total. The Balaban J connectivity index is 1.38. The molecule has 2 amide bonds. The fourth-order valence-electron chi connectivity index (χ4n) is 3.97. The largest absolute Gasteiger partial charge is 0.481 e. The number of nitrogens with zero attached hydrogens (tertiary/aromatic N) is 2. The molecule has 0 aliphatic carbocycles. The van der Waals surface area contributed by atoms with Gasteiger partial charge in [-0.25, -0.2) is 0 Å². The van der Waals surface area contributed by atoms with Crippen molar-refractivity contribution in [2.45, 2.75) is 0 Å². The highest BCUT2D eigenvalue weighted by molar-refractivity contribution is 6.42. The van der Waals surface area contributed by atoms with Gasteiger partial charge in [-0.1, -0.05) is 94.9 Å². The molecule has 0 atom stereocenters. The summed E-state index contributed by atoms with van der Waals surface area (Å²) < 4.78 is 5.61. The summed E-state index contributed by atoms with van der Waals surface area (Å²) in [5, 5.41) is 9.68. The third kappa shape index (κ3) is 6.16. The lowest BCUT2D eigenvalue weighted by molar-refractivity contribution is -0.118. The molecule has 40 heavy (non-hydrogen) atoms. The molecular formula is C30H19Cl4N3O3. The standard InChI is InChI=1S/C30H19Cl4N3O3/c31-23-12-11-20(16-24(23)32)35-27(38)17-40-29-25(33)14-18(15-26(29)34)13-22-28(19-7-3-1-4-8-19)36-37(30(22)39)21-9-5-2-6-10-21/h1-16H,17H2,(H,35,38)/b22-13-. The van der Waals surface area contributed by atoms with Crippen LogP contribution < -0.4 is 15.1 Å². The molecule has 0 unspecified atom stereocenters. The van der Waals surface area contributed by atoms with E-state index in [2.05, 4.69) is 10.4 Å². The zero-order valence-electron chi connectivity index (χ0n) is 20.6. The van der Waals surface area contributed by atoms with E-state index < -0.39 is 5.91 Å². The smallest absolute Gasteiger partial charge is 0.281 e. The van der Waals surface area contributed by atoms with Gasteiger partial charge in [-0.3, -0.25) is 9.59 Å². The summed E-state index contributed by atoms with van der Waals surface area (Å²) in [6.07, 6.45) is 1.68. The minimum Gasteiger partial charge on any atom is -0.481 e. The third-order valence-corrected chi connectivity index (χ3v) is 7.11. The predicted octanol–water partition coefficient (Wildman–Crippen LogP) is 8.15. The zero-order chi connectivity index (χ0) is 28.2. The number of hydrogen-bond donors (Lipinski definition) is 1. The monoisotopic (exact) mass is 609 g/mol. The van der Waals surface area contributed by atoms with Gasteiger partial charge < -0.3 is 10.1 Å². The number of rotatable bonds is 7. The van der Waals surface area contributed by atoms with Crippen molar-refractivity contribution in [1.82, 2.24) is 0 Å². The highest BCUT2D eigenvalue weighted by atomic mass is 35.5. The van der Waals surface area contributed by atoms with E-state index in [1.165, 1.54) is 11.1 Å². The summed E-state index contributed by atoms with van der Waals surface area (Å²) in [6, 6.07) is 26.5. The molecule has 0 spiro atoms. The number of hydrogen-bond acceptors (Lipinski definition) is 4. The van der Waals surface area contributed by atoms with E-state index in [1.807, 2.05) is 60.7 Å². The second-order valence-corrected chi connectivity index (χ2v) is 10.2. The number of anilines is 2. The quantitative estimate of drug-likeness (QED) is 0.215. The number of amides is 2. The number of carbonyl (C=O) groups excluding carboxylic acids is 2. The van der Waals surface area contributed by atoms with Crippen molar-refractivity contribution in [3.05, 3.63) is 128 Å². The molecule has 4 aromatic rings. The van der Waals surface area contributed by atoms with Gasteiger partial charge in [0.25, 0.3) is 11.8 Å². The molecule has 0 saturated heterocycles. The first-order valence-corrected chi connectivity index (χ1v) is 13.4. The Hall–Kier alpha value is -3.81. The van der Waals surface area contributed by atoms with Gasteiger partial charge in [0.2, 0.25) is 0 Å². The summed E-state index contributed by atoms with van der Waals surface area (Å²) in [6.45, 7) is -0.352. The summed E-state index contributed by atoms with van der Waals surface area (Å²) in [4.78, 5) is 25.9. The van der Waals surface area contributed by atoms with Crippen LogP contribution in [0, 0.1) is 0 Å². The van der Waals surface area contributed by atoms with Crippen LogP contribution in [0.15, 0.2) is 102 Å². The van der Waals surface area contributed by atoms with Crippen molar-refractivity contribution in [2.24, 2.45) is 5.10 Å². The van der Waals surface area contributed by atoms with Crippen LogP contribution in [0.5, 0.6) is 5.75 Å². The van der Waals surface area contributed by atoms with E-state index >= 15 is 0 Å². The fraction of sp³-hybridized carbons (Fsp3) is 0.0333. The highest BCUT2D eigenvalue weighted by Crippen LogP contribution is 2.36. The van der Waals surface area contributed by atoms with Gasteiger partial charge in [0.05, 0.1) is 31.4 Å². The summed E-state index contributed by atoms with van der Waals surface area (Å²) >= 11 is 24.9. The van der Waals surface area contributed by atoms with Gasteiger partial charge in [-0.2, -0.15) is 10.1 Å². The Morgan fingerprint density at radius 2 is 1.48 bits per heavy atom. The minimum absolute atomic E-state index is 0.135. The number of para-hydroxylation sites is 1. The summed E-state index contributed by atoms with van der Waals surface area (Å²) in [7, 11) is 0. The van der Waals surface area contributed by atoms with Crippen molar-refractivity contribution in [1.29, 1.82) is 0 Å². The van der Waals surface area contributed by atoms with Crippen LogP contribution in [0.1, 0.15) is 11.1 Å². The Kier molecular flexibility index (Phi) is 8.43. The molecule has 0 bridgehead atoms. The first-order valence-electron chi connectivity index (χ1n) is 11.9. The molecule has 0 aromatic heterocycles. The number of ether oxygens (including phenoxy) is 1. The highest BCUT2D eigenvalue weighted by Gasteiger charge is 2.32. The Bertz CT molecular complexity index is 1630. The first-order chi connectivity index (χ1) is 19.3. The number of hydrazone groups is 1. The summed E-state index contributed by atoms with van der Waals surface area (Å²) in [5.74, 6) is -0.607. The SMILES string of the molecule is O=C(COc1c(Cl)cc(/C=C2\C(=O)N(c3ccccc3)N=C2c2ccccc2)cc1Cl)Nc1ccc(Cl)c(Cl)c1. The maximum absolute atomic E-state index is 13.5. The van der Waals surface area contributed by atoms with Gasteiger partial charge in [-0.15, -0.1) is 0 Å². The normalized spacial score (nSPS) is 13.9. The number of nitrogens with one attached hydrogen (secondary N) is 1. The average Bonchev–Trinajstić information content (AvgIpc) is 3.27. The molecule has 0 radical (unpaired) electrons. The van der Waals surface area contributed by atoms with E-state index in [4.69, 9.17) is 51.1 Å². The molecule has 0 saturated carbocycles. The Labute approximate surface area is 250 Å². The Morgan fingerprint density at radius 3 is 2.12 bits per heavy atom. The van der Waals surface area contributed by atoms with Crippen LogP contribution in [0.4, 0.5) is 11.4 Å². The Morgan fingerprint density at radius 1 is 0.825 bits per heavy atom. The molecule has 200 valence electrons. The average molecular weight is 611 g/mol. The van der Waals surface area contributed by atoms with Crippen molar-refractivity contribution in [3.8, 4) is 5.75 Å². The van der Waals surface area contributed by atoms with Crippen LogP contribution in [0.3, 0.4) is 0 Å². The van der Waals surface area contributed by atoms with Gasteiger partial charge in [0.1, 0.15) is 5.71 Å². The van der Waals surface area contributed by atoms with Crippen molar-refractivity contribution in [2.75, 3.05) is 16.9 Å². The molecule has 1 aliphatic rings. The number of halogens is 4. The van der Waals surface area contributed by atoms with Crippen LogP contribution in [-0.4, -0.2) is 24.1 Å². The maximum Gasteiger partial charge on any atom is 0.281 e. The maximum atomic E-state index is 13.5. The predicted molar refractivity (Wildman–Crippen MR) is 162 cm³/mol. The second kappa shape index (κ2) is 12.1. The number of benzene rings is 4. The fourth-order valence-corrected chi connectivity index (χ4v) is 4.89. The van der Waals surface area contributed by atoms with Crippen LogP contribution in [-0.2, 0) is 9.59 Å². The molecule has 10 heteroatoms. The van der Waals surface area contributed by atoms with Crippen molar-refractivity contribution < 1.29 is 14.3 Å². The molecule has 1 heterocycles.